The van der Waals surface area contributed by atoms with E-state index in [-0.39, 0.29) is 0 Å². The molecule has 1 aromatic rings. The fraction of sp³-hybridized carbons (Fsp3) is 0.667. The molecule has 1 aliphatic carbocycles. The van der Waals surface area contributed by atoms with Gasteiger partial charge in [-0.1, -0.05) is 63.4 Å². The Morgan fingerprint density at radius 2 is 1.62 bits per heavy atom. The molecule has 0 bridgehead atoms. The second-order valence-electron chi connectivity index (χ2n) is 7.25. The van der Waals surface area contributed by atoms with Crippen LogP contribution >= 0.6 is 0 Å². The van der Waals surface area contributed by atoms with E-state index in [1.54, 1.807) is 0 Å². The maximum absolute atomic E-state index is 10.5. The van der Waals surface area contributed by atoms with Crippen LogP contribution in [0.3, 0.4) is 0 Å². The van der Waals surface area contributed by atoms with Gasteiger partial charge in [0.2, 0.25) is 0 Å². The van der Waals surface area contributed by atoms with Crippen LogP contribution in [0, 0.1) is 0 Å². The molecule has 0 unspecified atom stereocenters. The van der Waals surface area contributed by atoms with Crippen molar-refractivity contribution < 1.29 is 10.2 Å². The Morgan fingerprint density at radius 3 is 2.14 bits per heavy atom. The van der Waals surface area contributed by atoms with Gasteiger partial charge in [0, 0.05) is 5.56 Å². The number of unbranched alkanes of at least 4 members (excludes halogenated alkanes) is 1. The summed E-state index contributed by atoms with van der Waals surface area (Å²) in [6.07, 6.45) is 8.32. The van der Waals surface area contributed by atoms with E-state index in [1.165, 1.54) is 43.3 Å². The molecule has 2 nitrogen and oxygen atoms in total. The normalized spacial score (nSPS) is 17.1. The summed E-state index contributed by atoms with van der Waals surface area (Å²) in [5.41, 5.74) is 0.804. The molecule has 0 atom stereocenters. The average Bonchev–Trinajstić information content (AvgIpc) is 2.45. The van der Waals surface area contributed by atoms with Crippen LogP contribution in [0.2, 0.25) is 19.1 Å². The molecule has 0 radical (unpaired) electrons. The molecule has 3 heteroatoms. The lowest BCUT2D eigenvalue weighted by Gasteiger charge is -2.27. The van der Waals surface area contributed by atoms with Crippen LogP contribution in [-0.4, -0.2) is 18.3 Å². The molecule has 118 valence electrons. The van der Waals surface area contributed by atoms with Gasteiger partial charge in [-0.2, -0.15) is 0 Å². The molecule has 1 aromatic carbocycles. The molecule has 0 aliphatic heterocycles. The van der Waals surface area contributed by atoms with Crippen molar-refractivity contribution >= 4 is 13.3 Å². The summed E-state index contributed by atoms with van der Waals surface area (Å²) in [5, 5.41) is 22.1. The van der Waals surface area contributed by atoms with Gasteiger partial charge >= 0.3 is 0 Å². The first-order chi connectivity index (χ1) is 9.95. The van der Waals surface area contributed by atoms with Crippen LogP contribution in [0.15, 0.2) is 12.1 Å². The Hall–Kier alpha value is -0.963. The summed E-state index contributed by atoms with van der Waals surface area (Å²) in [4.78, 5) is 0. The number of phenols is 2. The number of hydrogen-bond acceptors (Lipinski definition) is 2. The standard InChI is InChI=1S/C18H30O2Si/c1-4-5-11-21(2,3)15-12-16(19)18(17(20)13-15)14-9-7-6-8-10-14/h12-14,19-20H,4-11H2,1-3H3. The van der Waals surface area contributed by atoms with Crippen molar-refractivity contribution in [3.8, 4) is 11.5 Å². The number of aromatic hydroxyl groups is 2. The summed E-state index contributed by atoms with van der Waals surface area (Å²) in [7, 11) is -1.56. The monoisotopic (exact) mass is 306 g/mol. The van der Waals surface area contributed by atoms with Crippen LogP contribution in [0.1, 0.15) is 63.4 Å². The smallest absolute Gasteiger partial charge is 0.122 e. The first-order valence-corrected chi connectivity index (χ1v) is 11.7. The van der Waals surface area contributed by atoms with Crippen molar-refractivity contribution in [2.24, 2.45) is 0 Å². The van der Waals surface area contributed by atoms with E-state index < -0.39 is 8.07 Å². The van der Waals surface area contributed by atoms with Crippen molar-refractivity contribution in [2.45, 2.75) is 76.9 Å². The van der Waals surface area contributed by atoms with Gasteiger partial charge in [0.25, 0.3) is 0 Å². The molecule has 1 fully saturated rings. The Labute approximate surface area is 130 Å². The predicted octanol–water partition coefficient (Wildman–Crippen LogP) is 4.86. The molecule has 1 aliphatic rings. The first-order valence-electron chi connectivity index (χ1n) is 8.52. The van der Waals surface area contributed by atoms with Crippen LogP contribution in [0.25, 0.3) is 0 Å². The Kier molecular flexibility index (Phi) is 5.36. The fourth-order valence-electron chi connectivity index (χ4n) is 3.59. The summed E-state index contributed by atoms with van der Waals surface area (Å²) < 4.78 is 0. The van der Waals surface area contributed by atoms with Crippen molar-refractivity contribution in [1.82, 2.24) is 0 Å². The number of hydrogen-bond donors (Lipinski definition) is 2. The van der Waals surface area contributed by atoms with E-state index in [0.29, 0.717) is 17.4 Å². The molecule has 0 heterocycles. The minimum absolute atomic E-state index is 0.328. The van der Waals surface area contributed by atoms with E-state index in [9.17, 15) is 10.2 Å². The lowest BCUT2D eigenvalue weighted by molar-refractivity contribution is 0.390. The topological polar surface area (TPSA) is 40.5 Å². The summed E-state index contributed by atoms with van der Waals surface area (Å²) in [5.74, 6) is 0.996. The first kappa shape index (κ1) is 16.4. The minimum Gasteiger partial charge on any atom is -0.508 e. The van der Waals surface area contributed by atoms with E-state index in [0.717, 1.165) is 18.4 Å². The van der Waals surface area contributed by atoms with E-state index in [2.05, 4.69) is 20.0 Å². The highest BCUT2D eigenvalue weighted by Crippen LogP contribution is 2.41. The molecule has 2 rings (SSSR count). The van der Waals surface area contributed by atoms with Crippen molar-refractivity contribution in [3.05, 3.63) is 17.7 Å². The lowest BCUT2D eigenvalue weighted by atomic mass is 9.83. The van der Waals surface area contributed by atoms with Crippen LogP contribution < -0.4 is 5.19 Å². The third-order valence-electron chi connectivity index (χ3n) is 5.09. The molecule has 0 aromatic heterocycles. The fourth-order valence-corrected chi connectivity index (χ4v) is 6.17. The van der Waals surface area contributed by atoms with Gasteiger partial charge in [-0.3, -0.25) is 0 Å². The van der Waals surface area contributed by atoms with E-state index >= 15 is 0 Å². The average molecular weight is 307 g/mol. The lowest BCUT2D eigenvalue weighted by Crippen LogP contribution is -2.41. The Morgan fingerprint density at radius 1 is 1.05 bits per heavy atom. The summed E-state index contributed by atoms with van der Waals surface area (Å²) >= 11 is 0. The highest BCUT2D eigenvalue weighted by atomic mass is 28.3. The number of phenolic OH excluding ortho intramolecular Hbond substituents is 2. The SMILES string of the molecule is CCCC[Si](C)(C)c1cc(O)c(C2CCCCC2)c(O)c1. The maximum Gasteiger partial charge on any atom is 0.122 e. The zero-order valence-corrected chi connectivity index (χ0v) is 14.8. The largest absolute Gasteiger partial charge is 0.508 e. The van der Waals surface area contributed by atoms with Crippen LogP contribution in [0.4, 0.5) is 0 Å². The molecule has 0 spiro atoms. The molecule has 21 heavy (non-hydrogen) atoms. The van der Waals surface area contributed by atoms with Crippen LogP contribution in [-0.2, 0) is 0 Å². The van der Waals surface area contributed by atoms with Crippen LogP contribution in [0.5, 0.6) is 11.5 Å². The van der Waals surface area contributed by atoms with Gasteiger partial charge in [-0.25, -0.2) is 0 Å². The van der Waals surface area contributed by atoms with Crippen molar-refractivity contribution in [1.29, 1.82) is 0 Å². The van der Waals surface area contributed by atoms with Gasteiger partial charge in [-0.05, 0) is 30.9 Å². The number of benzene rings is 1. The van der Waals surface area contributed by atoms with E-state index in [1.807, 2.05) is 12.1 Å². The third kappa shape index (κ3) is 3.82. The predicted molar refractivity (Wildman–Crippen MR) is 92.4 cm³/mol. The molecular formula is C18H30O2Si. The molecule has 0 saturated heterocycles. The molecule has 0 amide bonds. The Bertz CT molecular complexity index is 453. The highest BCUT2D eigenvalue weighted by Gasteiger charge is 2.28. The molecule has 1 saturated carbocycles. The van der Waals surface area contributed by atoms with Crippen molar-refractivity contribution in [3.63, 3.8) is 0 Å². The quantitative estimate of drug-likeness (QED) is 0.763. The zero-order valence-electron chi connectivity index (χ0n) is 13.8. The van der Waals surface area contributed by atoms with E-state index in [4.69, 9.17) is 0 Å². The zero-order chi connectivity index (χ0) is 15.5. The Balaban J connectivity index is 2.27. The van der Waals surface area contributed by atoms with Gasteiger partial charge in [0.05, 0.1) is 8.07 Å². The van der Waals surface area contributed by atoms with Gasteiger partial charge in [0.1, 0.15) is 11.5 Å². The molecule has 2 N–H and O–H groups in total. The minimum atomic E-state index is -1.56. The second kappa shape index (κ2) is 6.86. The van der Waals surface area contributed by atoms with Gasteiger partial charge in [-0.15, -0.1) is 0 Å². The second-order valence-corrected chi connectivity index (χ2v) is 12.1. The number of rotatable bonds is 5. The third-order valence-corrected chi connectivity index (χ3v) is 8.54. The highest BCUT2D eigenvalue weighted by molar-refractivity contribution is 6.89. The van der Waals surface area contributed by atoms with Gasteiger partial charge < -0.3 is 10.2 Å². The van der Waals surface area contributed by atoms with Gasteiger partial charge in [0.15, 0.2) is 0 Å². The van der Waals surface area contributed by atoms with Crippen molar-refractivity contribution in [2.75, 3.05) is 0 Å². The molecular weight excluding hydrogens is 276 g/mol. The maximum atomic E-state index is 10.5. The summed E-state index contributed by atoms with van der Waals surface area (Å²) in [6.45, 7) is 6.87. The summed E-state index contributed by atoms with van der Waals surface area (Å²) in [6, 6.07) is 5.11.